The molecule has 0 amide bonds. The lowest BCUT2D eigenvalue weighted by molar-refractivity contribution is 1.18. The molecule has 0 saturated carbocycles. The Morgan fingerprint density at radius 1 is 1.07 bits per heavy atom. The minimum atomic E-state index is 0.668. The van der Waals surface area contributed by atoms with Crippen LogP contribution in [-0.2, 0) is 0 Å². The second-order valence-electron chi connectivity index (χ2n) is 3.14. The van der Waals surface area contributed by atoms with Gasteiger partial charge in [0.15, 0.2) is 0 Å². The lowest BCUT2D eigenvalue weighted by Crippen LogP contribution is -1.91. The molecule has 2 N–H and O–H groups in total. The third-order valence-corrected chi connectivity index (χ3v) is 1.94. The number of nitrogens with zero attached hydrogens (tertiary/aromatic N) is 2. The van der Waals surface area contributed by atoms with Gasteiger partial charge in [-0.1, -0.05) is 6.07 Å². The fraction of sp³-hybridized carbons (Fsp3) is 0.0909. The predicted molar refractivity (Wildman–Crippen MR) is 56.6 cm³/mol. The van der Waals surface area contributed by atoms with E-state index in [1.807, 2.05) is 37.3 Å². The van der Waals surface area contributed by atoms with Crippen molar-refractivity contribution < 1.29 is 0 Å². The van der Waals surface area contributed by atoms with Crippen molar-refractivity contribution in [2.75, 3.05) is 5.73 Å². The number of aryl methyl sites for hydroxylation is 1. The normalized spacial score (nSPS) is 10.1. The minimum absolute atomic E-state index is 0.668. The molecule has 0 atom stereocenters. The molecule has 2 aromatic rings. The van der Waals surface area contributed by atoms with Crippen LogP contribution in [0.2, 0.25) is 0 Å². The summed E-state index contributed by atoms with van der Waals surface area (Å²) in [6.07, 6.45) is 1.64. The molecule has 0 aromatic carbocycles. The molecule has 2 heterocycles. The van der Waals surface area contributed by atoms with Crippen molar-refractivity contribution in [1.82, 2.24) is 9.97 Å². The molecule has 0 aliphatic heterocycles. The third kappa shape index (κ3) is 1.71. The molecule has 0 aliphatic carbocycles. The van der Waals surface area contributed by atoms with Crippen LogP contribution in [-0.4, -0.2) is 9.97 Å². The van der Waals surface area contributed by atoms with E-state index in [1.165, 1.54) is 0 Å². The highest BCUT2D eigenvalue weighted by atomic mass is 14.8. The van der Waals surface area contributed by atoms with Gasteiger partial charge < -0.3 is 5.73 Å². The SMILES string of the molecule is Cc1cccc(-c2ccc(N)cn2)n1. The molecule has 3 nitrogen and oxygen atoms in total. The Morgan fingerprint density at radius 3 is 2.57 bits per heavy atom. The summed E-state index contributed by atoms with van der Waals surface area (Å²) in [6, 6.07) is 9.56. The smallest absolute Gasteiger partial charge is 0.0889 e. The zero-order chi connectivity index (χ0) is 9.97. The van der Waals surface area contributed by atoms with E-state index in [2.05, 4.69) is 9.97 Å². The molecule has 2 aromatic heterocycles. The Labute approximate surface area is 82.6 Å². The second-order valence-corrected chi connectivity index (χ2v) is 3.14. The fourth-order valence-electron chi connectivity index (χ4n) is 1.24. The molecule has 0 fully saturated rings. The summed E-state index contributed by atoms with van der Waals surface area (Å²) in [5, 5.41) is 0. The van der Waals surface area contributed by atoms with Crippen LogP contribution in [0.15, 0.2) is 36.5 Å². The van der Waals surface area contributed by atoms with Gasteiger partial charge in [-0.15, -0.1) is 0 Å². The van der Waals surface area contributed by atoms with Gasteiger partial charge in [0.1, 0.15) is 0 Å². The van der Waals surface area contributed by atoms with Gasteiger partial charge in [-0.3, -0.25) is 9.97 Å². The maximum Gasteiger partial charge on any atom is 0.0889 e. The lowest BCUT2D eigenvalue weighted by Gasteiger charge is -2.00. The van der Waals surface area contributed by atoms with Crippen LogP contribution in [0.25, 0.3) is 11.4 Å². The Hall–Kier alpha value is -1.90. The van der Waals surface area contributed by atoms with E-state index in [0.717, 1.165) is 17.1 Å². The maximum absolute atomic E-state index is 5.55. The van der Waals surface area contributed by atoms with Crippen LogP contribution in [0, 0.1) is 6.92 Å². The standard InChI is InChI=1S/C11H11N3/c1-8-3-2-4-11(14-8)10-6-5-9(12)7-13-10/h2-7H,12H2,1H3. The van der Waals surface area contributed by atoms with Gasteiger partial charge >= 0.3 is 0 Å². The molecule has 0 radical (unpaired) electrons. The van der Waals surface area contributed by atoms with Gasteiger partial charge in [-0.2, -0.15) is 0 Å². The molecule has 0 spiro atoms. The minimum Gasteiger partial charge on any atom is -0.397 e. The summed E-state index contributed by atoms with van der Waals surface area (Å²) < 4.78 is 0. The Balaban J connectivity index is 2.44. The highest BCUT2D eigenvalue weighted by Crippen LogP contribution is 2.14. The molecule has 2 rings (SSSR count). The van der Waals surface area contributed by atoms with Crippen molar-refractivity contribution in [2.45, 2.75) is 6.92 Å². The number of anilines is 1. The van der Waals surface area contributed by atoms with Crippen molar-refractivity contribution in [1.29, 1.82) is 0 Å². The van der Waals surface area contributed by atoms with Crippen molar-refractivity contribution in [3.63, 3.8) is 0 Å². The number of hydrogen-bond acceptors (Lipinski definition) is 3. The van der Waals surface area contributed by atoms with Crippen molar-refractivity contribution in [3.8, 4) is 11.4 Å². The number of rotatable bonds is 1. The molecule has 0 saturated heterocycles. The zero-order valence-electron chi connectivity index (χ0n) is 7.94. The number of pyridine rings is 2. The quantitative estimate of drug-likeness (QED) is 0.739. The first-order valence-electron chi connectivity index (χ1n) is 4.41. The molecular weight excluding hydrogens is 174 g/mol. The van der Waals surface area contributed by atoms with Crippen LogP contribution >= 0.6 is 0 Å². The summed E-state index contributed by atoms with van der Waals surface area (Å²) in [4.78, 5) is 8.57. The van der Waals surface area contributed by atoms with Gasteiger partial charge in [0.05, 0.1) is 23.3 Å². The highest BCUT2D eigenvalue weighted by molar-refractivity contribution is 5.56. The summed E-state index contributed by atoms with van der Waals surface area (Å²) in [5.74, 6) is 0. The first-order valence-corrected chi connectivity index (χ1v) is 4.41. The molecular formula is C11H11N3. The van der Waals surface area contributed by atoms with Crippen LogP contribution in [0.5, 0.6) is 0 Å². The third-order valence-electron chi connectivity index (χ3n) is 1.94. The molecule has 0 aliphatic rings. The van der Waals surface area contributed by atoms with Crippen molar-refractivity contribution >= 4 is 5.69 Å². The monoisotopic (exact) mass is 185 g/mol. The Kier molecular flexibility index (Phi) is 2.14. The maximum atomic E-state index is 5.55. The molecule has 70 valence electrons. The zero-order valence-corrected chi connectivity index (χ0v) is 7.94. The van der Waals surface area contributed by atoms with Gasteiger partial charge in [0.25, 0.3) is 0 Å². The average Bonchev–Trinajstić information content (AvgIpc) is 2.19. The summed E-state index contributed by atoms with van der Waals surface area (Å²) in [7, 11) is 0. The van der Waals surface area contributed by atoms with Gasteiger partial charge in [-0.25, -0.2) is 0 Å². The van der Waals surface area contributed by atoms with E-state index in [1.54, 1.807) is 6.20 Å². The molecule has 14 heavy (non-hydrogen) atoms. The first kappa shape index (κ1) is 8.69. The molecule has 0 bridgehead atoms. The molecule has 3 heteroatoms. The van der Waals surface area contributed by atoms with Gasteiger partial charge in [0, 0.05) is 5.69 Å². The van der Waals surface area contributed by atoms with E-state index >= 15 is 0 Å². The number of nitrogens with two attached hydrogens (primary N) is 1. The highest BCUT2D eigenvalue weighted by Gasteiger charge is 1.99. The summed E-state index contributed by atoms with van der Waals surface area (Å²) in [6.45, 7) is 1.96. The van der Waals surface area contributed by atoms with E-state index in [-0.39, 0.29) is 0 Å². The van der Waals surface area contributed by atoms with Crippen LogP contribution in [0.4, 0.5) is 5.69 Å². The van der Waals surface area contributed by atoms with Gasteiger partial charge in [0.2, 0.25) is 0 Å². The summed E-state index contributed by atoms with van der Waals surface area (Å²) in [5.41, 5.74) is 8.94. The van der Waals surface area contributed by atoms with Crippen molar-refractivity contribution in [3.05, 3.63) is 42.2 Å². The largest absolute Gasteiger partial charge is 0.397 e. The van der Waals surface area contributed by atoms with Crippen LogP contribution in [0.3, 0.4) is 0 Å². The predicted octanol–water partition coefficient (Wildman–Crippen LogP) is 2.03. The van der Waals surface area contributed by atoms with E-state index in [0.29, 0.717) is 5.69 Å². The Morgan fingerprint density at radius 2 is 1.93 bits per heavy atom. The Bertz CT molecular complexity index is 435. The summed E-state index contributed by atoms with van der Waals surface area (Å²) >= 11 is 0. The van der Waals surface area contributed by atoms with Crippen molar-refractivity contribution in [2.24, 2.45) is 0 Å². The van der Waals surface area contributed by atoms with E-state index in [9.17, 15) is 0 Å². The van der Waals surface area contributed by atoms with Crippen LogP contribution < -0.4 is 5.73 Å². The number of aromatic nitrogens is 2. The van der Waals surface area contributed by atoms with Gasteiger partial charge in [-0.05, 0) is 31.2 Å². The first-order chi connectivity index (χ1) is 6.75. The molecule has 0 unspecified atom stereocenters. The fourth-order valence-corrected chi connectivity index (χ4v) is 1.24. The van der Waals surface area contributed by atoms with E-state index in [4.69, 9.17) is 5.73 Å². The lowest BCUT2D eigenvalue weighted by atomic mass is 10.2. The number of hydrogen-bond donors (Lipinski definition) is 1. The number of nitrogen functional groups attached to an aromatic ring is 1. The topological polar surface area (TPSA) is 51.8 Å². The van der Waals surface area contributed by atoms with E-state index < -0.39 is 0 Å². The average molecular weight is 185 g/mol. The second kappa shape index (κ2) is 3.46. The van der Waals surface area contributed by atoms with Crippen LogP contribution in [0.1, 0.15) is 5.69 Å².